The fourth-order valence-corrected chi connectivity index (χ4v) is 6.31. The van der Waals surface area contributed by atoms with Gasteiger partial charge in [-0.1, -0.05) is 30.0 Å². The number of aromatic nitrogens is 2. The number of hydrogen-bond acceptors (Lipinski definition) is 8. The van der Waals surface area contributed by atoms with Gasteiger partial charge in [-0.25, -0.2) is 15.0 Å². The van der Waals surface area contributed by atoms with Crippen LogP contribution >= 0.6 is 11.8 Å². The van der Waals surface area contributed by atoms with E-state index in [0.29, 0.717) is 0 Å². The molecule has 9 heteroatoms. The van der Waals surface area contributed by atoms with Crippen molar-refractivity contribution in [3.8, 4) is 22.6 Å². The molecule has 1 N–H and O–H groups in total. The third-order valence-electron chi connectivity index (χ3n) is 7.71. The zero-order valence-electron chi connectivity index (χ0n) is 23.0. The Hall–Kier alpha value is -2.88. The predicted molar refractivity (Wildman–Crippen MR) is 153 cm³/mol. The molecule has 2 aromatic carbocycles. The summed E-state index contributed by atoms with van der Waals surface area (Å²) in [5.41, 5.74) is 3.37. The predicted octanol–water partition coefficient (Wildman–Crippen LogP) is 5.28. The van der Waals surface area contributed by atoms with Crippen LogP contribution in [0.15, 0.2) is 60.1 Å². The minimum atomic E-state index is -0.632. The zero-order chi connectivity index (χ0) is 26.9. The van der Waals surface area contributed by atoms with Crippen LogP contribution in [0.1, 0.15) is 59.6 Å². The van der Waals surface area contributed by atoms with Gasteiger partial charge < -0.3 is 19.4 Å². The van der Waals surface area contributed by atoms with E-state index in [1.54, 1.807) is 18.1 Å². The minimum Gasteiger partial charge on any atom is -0.457 e. The van der Waals surface area contributed by atoms with E-state index < -0.39 is 23.9 Å². The molecule has 1 unspecified atom stereocenters. The van der Waals surface area contributed by atoms with E-state index in [0.717, 1.165) is 50.1 Å². The van der Waals surface area contributed by atoms with E-state index >= 15 is 0 Å². The Bertz CT molecular complexity index is 1420. The average molecular weight is 528 g/mol. The van der Waals surface area contributed by atoms with Gasteiger partial charge in [0, 0.05) is 40.4 Å². The Labute approximate surface area is 229 Å². The fraction of sp³-hybridized carbons (Fsp3) is 0.414. The molecule has 3 aliphatic rings. The zero-order valence-corrected chi connectivity index (χ0v) is 23.8. The van der Waals surface area contributed by atoms with Crippen LogP contribution in [0.4, 0.5) is 0 Å². The summed E-state index contributed by atoms with van der Waals surface area (Å²) in [6.45, 7) is 14.7. The molecule has 3 aromatic rings. The van der Waals surface area contributed by atoms with Gasteiger partial charge in [0.05, 0.1) is 11.2 Å². The van der Waals surface area contributed by atoms with Gasteiger partial charge in [-0.2, -0.15) is 0 Å². The van der Waals surface area contributed by atoms with E-state index in [2.05, 4.69) is 82.0 Å². The lowest BCUT2D eigenvalue weighted by Crippen LogP contribution is -2.41. The van der Waals surface area contributed by atoms with Crippen LogP contribution in [0.25, 0.3) is 11.1 Å². The normalized spacial score (nSPS) is 23.0. The maximum atomic E-state index is 6.48. The molecule has 196 valence electrons. The summed E-state index contributed by atoms with van der Waals surface area (Å²) in [5, 5.41) is 4.51. The van der Waals surface area contributed by atoms with E-state index in [-0.39, 0.29) is 5.54 Å². The number of thioether (sulfide) groups is 1. The van der Waals surface area contributed by atoms with Crippen molar-refractivity contribution in [3.63, 3.8) is 0 Å². The van der Waals surface area contributed by atoms with Crippen LogP contribution < -0.4 is 15.5 Å². The molecule has 0 aliphatic carbocycles. The quantitative estimate of drug-likeness (QED) is 0.454. The smallest absolute Gasteiger partial charge is 0.457 e. The standard InChI is InChI=1S/C29H33BN4O3S/c1-26(2,3)33-25-34-29(16-38-25)21-12-18(19-14-31-17-32-15-19)8-10-23(21)35-24-11-9-20(13-22(24)29)30-36-27(4,5)28(6,7)37-30/h8-15,17H,16H2,1-7H3,(H,33,34). The van der Waals surface area contributed by atoms with Crippen LogP contribution in [0, 0.1) is 0 Å². The van der Waals surface area contributed by atoms with Crippen molar-refractivity contribution < 1.29 is 14.0 Å². The highest BCUT2D eigenvalue weighted by atomic mass is 32.2. The van der Waals surface area contributed by atoms with Gasteiger partial charge in [0.15, 0.2) is 5.17 Å². The molecule has 1 fully saturated rings. The number of nitrogens with zero attached hydrogens (tertiary/aromatic N) is 3. The third kappa shape index (κ3) is 4.21. The molecule has 6 rings (SSSR count). The highest BCUT2D eigenvalue weighted by Crippen LogP contribution is 2.53. The van der Waals surface area contributed by atoms with E-state index in [4.69, 9.17) is 19.0 Å². The molecule has 1 spiro atoms. The first-order valence-corrected chi connectivity index (χ1v) is 13.9. The molecule has 0 saturated carbocycles. The molecule has 0 radical (unpaired) electrons. The number of nitrogens with one attached hydrogen (secondary N) is 1. The van der Waals surface area contributed by atoms with Gasteiger partial charge in [0.1, 0.15) is 23.4 Å². The highest BCUT2D eigenvalue weighted by molar-refractivity contribution is 8.14. The number of fused-ring (bicyclic) bond motifs is 4. The number of rotatable bonds is 2. The number of ether oxygens (including phenoxy) is 1. The first kappa shape index (κ1) is 25.4. The maximum Gasteiger partial charge on any atom is 0.494 e. The van der Waals surface area contributed by atoms with Crippen molar-refractivity contribution in [2.75, 3.05) is 5.75 Å². The average Bonchev–Trinajstić information content (AvgIpc) is 3.35. The van der Waals surface area contributed by atoms with Crippen molar-refractivity contribution >= 4 is 29.5 Å². The number of hydrogen-bond donors (Lipinski definition) is 1. The maximum absolute atomic E-state index is 6.48. The molecule has 0 bridgehead atoms. The molecular weight excluding hydrogens is 495 g/mol. The molecule has 7 nitrogen and oxygen atoms in total. The van der Waals surface area contributed by atoms with Gasteiger partial charge in [0.25, 0.3) is 0 Å². The van der Waals surface area contributed by atoms with E-state index in [1.165, 1.54) is 0 Å². The van der Waals surface area contributed by atoms with Gasteiger partial charge in [-0.3, -0.25) is 0 Å². The Balaban J connectivity index is 1.50. The molecule has 1 aromatic heterocycles. The summed E-state index contributed by atoms with van der Waals surface area (Å²) in [6.07, 6.45) is 5.20. The Morgan fingerprint density at radius 1 is 0.868 bits per heavy atom. The van der Waals surface area contributed by atoms with Gasteiger partial charge in [0.2, 0.25) is 0 Å². The number of amidine groups is 1. The first-order chi connectivity index (χ1) is 17.9. The van der Waals surface area contributed by atoms with Crippen LogP contribution in [-0.4, -0.2) is 44.7 Å². The summed E-state index contributed by atoms with van der Waals surface area (Å²) in [6, 6.07) is 12.5. The van der Waals surface area contributed by atoms with Crippen LogP contribution in [0.2, 0.25) is 0 Å². The number of benzene rings is 2. The summed E-state index contributed by atoms with van der Waals surface area (Å²) in [4.78, 5) is 13.8. The van der Waals surface area contributed by atoms with Gasteiger partial charge in [-0.15, -0.1) is 0 Å². The van der Waals surface area contributed by atoms with Crippen molar-refractivity contribution in [2.24, 2.45) is 4.99 Å². The molecule has 1 saturated heterocycles. The monoisotopic (exact) mass is 528 g/mol. The van der Waals surface area contributed by atoms with Crippen LogP contribution in [-0.2, 0) is 14.8 Å². The SMILES string of the molecule is CC(C)(C)NC1=NC2(CS1)c1cc(B3OC(C)(C)C(C)(C)O3)ccc1Oc1ccc(-c3cncnc3)cc12. The third-order valence-corrected chi connectivity index (χ3v) is 8.73. The second-order valence-electron chi connectivity index (χ2n) is 12.2. The summed E-state index contributed by atoms with van der Waals surface area (Å²) >= 11 is 1.74. The number of aliphatic imine (C=N–C) groups is 1. The van der Waals surface area contributed by atoms with E-state index in [9.17, 15) is 0 Å². The molecular formula is C29H33BN4O3S. The molecule has 38 heavy (non-hydrogen) atoms. The van der Waals surface area contributed by atoms with Crippen molar-refractivity contribution in [1.29, 1.82) is 0 Å². The van der Waals surface area contributed by atoms with Crippen LogP contribution in [0.3, 0.4) is 0 Å². The Morgan fingerprint density at radius 2 is 1.50 bits per heavy atom. The summed E-state index contributed by atoms with van der Waals surface area (Å²) < 4.78 is 19.3. The minimum absolute atomic E-state index is 0.109. The fourth-order valence-electron chi connectivity index (χ4n) is 4.99. The summed E-state index contributed by atoms with van der Waals surface area (Å²) in [7, 11) is -0.471. The first-order valence-electron chi connectivity index (χ1n) is 13.0. The van der Waals surface area contributed by atoms with Gasteiger partial charge in [-0.05, 0) is 77.7 Å². The largest absolute Gasteiger partial charge is 0.494 e. The highest BCUT2D eigenvalue weighted by Gasteiger charge is 2.53. The second kappa shape index (κ2) is 8.56. The Kier molecular flexibility index (Phi) is 5.73. The van der Waals surface area contributed by atoms with E-state index in [1.807, 2.05) is 30.6 Å². The Morgan fingerprint density at radius 3 is 2.16 bits per heavy atom. The second-order valence-corrected chi connectivity index (χ2v) is 13.2. The molecule has 1 atom stereocenters. The lowest BCUT2D eigenvalue weighted by molar-refractivity contribution is 0.00578. The van der Waals surface area contributed by atoms with Gasteiger partial charge >= 0.3 is 7.12 Å². The molecule has 0 amide bonds. The lowest BCUT2D eigenvalue weighted by Gasteiger charge is -2.35. The topological polar surface area (TPSA) is 77.9 Å². The summed E-state index contributed by atoms with van der Waals surface area (Å²) in [5.74, 6) is 2.36. The molecule has 4 heterocycles. The van der Waals surface area contributed by atoms with Crippen molar-refractivity contribution in [1.82, 2.24) is 15.3 Å². The van der Waals surface area contributed by atoms with Crippen LogP contribution in [0.5, 0.6) is 11.5 Å². The lowest BCUT2D eigenvalue weighted by atomic mass is 9.74. The van der Waals surface area contributed by atoms with Crippen molar-refractivity contribution in [2.45, 2.75) is 70.7 Å². The van der Waals surface area contributed by atoms with Crippen molar-refractivity contribution in [3.05, 3.63) is 66.2 Å². The molecule has 3 aliphatic heterocycles.